The molecule has 0 spiro atoms. The van der Waals surface area contributed by atoms with Crippen LogP contribution in [0.15, 0.2) is 0 Å². The monoisotopic (exact) mass is 257 g/mol. The van der Waals surface area contributed by atoms with Crippen molar-refractivity contribution in [2.45, 2.75) is 41.5 Å². The minimum absolute atomic E-state index is 0.158. The van der Waals surface area contributed by atoms with Gasteiger partial charge in [0.2, 0.25) is 5.91 Å². The molecule has 0 heterocycles. The summed E-state index contributed by atoms with van der Waals surface area (Å²) in [6, 6.07) is 0. The first-order chi connectivity index (χ1) is 8.11. The molecule has 1 amide bonds. The molecule has 0 N–H and O–H groups in total. The van der Waals surface area contributed by atoms with E-state index < -0.39 is 17.3 Å². The molecule has 0 bridgehead atoms. The van der Waals surface area contributed by atoms with E-state index in [-0.39, 0.29) is 5.91 Å². The highest BCUT2D eigenvalue weighted by Gasteiger charge is 2.40. The van der Waals surface area contributed by atoms with Crippen LogP contribution in [0, 0.1) is 17.3 Å². The Morgan fingerprint density at radius 2 is 1.72 bits per heavy atom. The van der Waals surface area contributed by atoms with Gasteiger partial charge in [-0.05, 0) is 18.3 Å². The number of esters is 1. The highest BCUT2D eigenvalue weighted by Crippen LogP contribution is 2.29. The summed E-state index contributed by atoms with van der Waals surface area (Å²) in [5, 5.41) is 0. The molecular weight excluding hydrogens is 230 g/mol. The quantitative estimate of drug-likeness (QED) is 0.561. The SMILES string of the molecule is CCOC(=O)C(C(=O)N(C)CC(C)C)C(C)(C)C. The first-order valence-corrected chi connectivity index (χ1v) is 6.52. The van der Waals surface area contributed by atoms with Gasteiger partial charge in [0.1, 0.15) is 5.92 Å². The highest BCUT2D eigenvalue weighted by atomic mass is 16.5. The number of nitrogens with zero attached hydrogens (tertiary/aromatic N) is 1. The van der Waals surface area contributed by atoms with E-state index in [0.717, 1.165) is 0 Å². The molecule has 0 fully saturated rings. The zero-order valence-electron chi connectivity index (χ0n) is 12.7. The maximum Gasteiger partial charge on any atom is 0.319 e. The molecular formula is C14H27NO3. The van der Waals surface area contributed by atoms with Crippen molar-refractivity contribution in [3.63, 3.8) is 0 Å². The van der Waals surface area contributed by atoms with Gasteiger partial charge in [-0.1, -0.05) is 34.6 Å². The van der Waals surface area contributed by atoms with Crippen molar-refractivity contribution in [2.24, 2.45) is 17.3 Å². The summed E-state index contributed by atoms with van der Waals surface area (Å²) in [6.07, 6.45) is 0. The van der Waals surface area contributed by atoms with Crippen molar-refractivity contribution >= 4 is 11.9 Å². The molecule has 18 heavy (non-hydrogen) atoms. The summed E-state index contributed by atoms with van der Waals surface area (Å²) in [7, 11) is 1.74. The van der Waals surface area contributed by atoms with E-state index >= 15 is 0 Å². The van der Waals surface area contributed by atoms with Gasteiger partial charge < -0.3 is 9.64 Å². The van der Waals surface area contributed by atoms with E-state index in [2.05, 4.69) is 0 Å². The molecule has 4 heteroatoms. The highest BCUT2D eigenvalue weighted by molar-refractivity contribution is 5.98. The van der Waals surface area contributed by atoms with E-state index in [1.165, 1.54) is 0 Å². The summed E-state index contributed by atoms with van der Waals surface area (Å²) in [4.78, 5) is 25.9. The molecule has 0 aromatic heterocycles. The predicted molar refractivity (Wildman–Crippen MR) is 72.1 cm³/mol. The zero-order chi connectivity index (χ0) is 14.5. The smallest absolute Gasteiger partial charge is 0.319 e. The van der Waals surface area contributed by atoms with Gasteiger partial charge in [-0.15, -0.1) is 0 Å². The second-order valence-electron chi connectivity index (χ2n) is 6.16. The van der Waals surface area contributed by atoms with E-state index in [4.69, 9.17) is 4.74 Å². The van der Waals surface area contributed by atoms with Crippen LogP contribution in [-0.4, -0.2) is 37.0 Å². The third kappa shape index (κ3) is 5.07. The second-order valence-corrected chi connectivity index (χ2v) is 6.16. The summed E-state index contributed by atoms with van der Waals surface area (Å²) in [5.74, 6) is -0.941. The lowest BCUT2D eigenvalue weighted by atomic mass is 9.79. The van der Waals surface area contributed by atoms with Crippen molar-refractivity contribution in [3.05, 3.63) is 0 Å². The zero-order valence-corrected chi connectivity index (χ0v) is 12.7. The van der Waals surface area contributed by atoms with Crippen molar-refractivity contribution in [2.75, 3.05) is 20.2 Å². The van der Waals surface area contributed by atoms with Crippen LogP contribution in [0.4, 0.5) is 0 Å². The van der Waals surface area contributed by atoms with Gasteiger partial charge in [-0.3, -0.25) is 9.59 Å². The minimum Gasteiger partial charge on any atom is -0.465 e. The van der Waals surface area contributed by atoms with E-state index in [1.54, 1.807) is 18.9 Å². The third-order valence-electron chi connectivity index (χ3n) is 2.65. The summed E-state index contributed by atoms with van der Waals surface area (Å²) in [6.45, 7) is 12.4. The van der Waals surface area contributed by atoms with Crippen LogP contribution in [0.25, 0.3) is 0 Å². The minimum atomic E-state index is -0.735. The average molecular weight is 257 g/mol. The molecule has 1 unspecified atom stereocenters. The summed E-state index contributed by atoms with van der Waals surface area (Å²) < 4.78 is 5.02. The number of amides is 1. The number of rotatable bonds is 5. The van der Waals surface area contributed by atoms with Crippen LogP contribution in [0.1, 0.15) is 41.5 Å². The topological polar surface area (TPSA) is 46.6 Å². The molecule has 4 nitrogen and oxygen atoms in total. The standard InChI is InChI=1S/C14H27NO3/c1-8-18-13(17)11(14(4,5)6)12(16)15(7)9-10(2)3/h10-11H,8-9H2,1-7H3. The van der Waals surface area contributed by atoms with E-state index in [1.807, 2.05) is 34.6 Å². The summed E-state index contributed by atoms with van der Waals surface area (Å²) in [5.41, 5.74) is -0.436. The molecule has 1 atom stereocenters. The normalized spacial score (nSPS) is 13.3. The van der Waals surface area contributed by atoms with Crippen LogP contribution in [0.2, 0.25) is 0 Å². The lowest BCUT2D eigenvalue weighted by Gasteiger charge is -2.31. The Balaban J connectivity index is 4.98. The maximum absolute atomic E-state index is 12.4. The van der Waals surface area contributed by atoms with E-state index in [0.29, 0.717) is 19.1 Å². The molecule has 0 radical (unpaired) electrons. The summed E-state index contributed by atoms with van der Waals surface area (Å²) >= 11 is 0. The molecule has 0 saturated carbocycles. The van der Waals surface area contributed by atoms with Gasteiger partial charge in [0.15, 0.2) is 0 Å². The number of carbonyl (C=O) groups is 2. The molecule has 0 aliphatic rings. The lowest BCUT2D eigenvalue weighted by molar-refractivity contribution is -0.160. The molecule has 0 saturated heterocycles. The lowest BCUT2D eigenvalue weighted by Crippen LogP contribution is -2.45. The maximum atomic E-state index is 12.4. The van der Waals surface area contributed by atoms with Gasteiger partial charge in [0.05, 0.1) is 6.61 Å². The van der Waals surface area contributed by atoms with Crippen LogP contribution in [-0.2, 0) is 14.3 Å². The van der Waals surface area contributed by atoms with Crippen molar-refractivity contribution in [3.8, 4) is 0 Å². The number of ether oxygens (including phenoxy) is 1. The van der Waals surface area contributed by atoms with E-state index in [9.17, 15) is 9.59 Å². The van der Waals surface area contributed by atoms with Crippen molar-refractivity contribution < 1.29 is 14.3 Å². The Morgan fingerprint density at radius 1 is 1.22 bits per heavy atom. The van der Waals surface area contributed by atoms with Gasteiger partial charge >= 0.3 is 5.97 Å². The predicted octanol–water partition coefficient (Wildman–Crippen LogP) is 2.33. The second kappa shape index (κ2) is 6.76. The third-order valence-corrected chi connectivity index (χ3v) is 2.65. The first-order valence-electron chi connectivity index (χ1n) is 6.52. The molecule has 0 rings (SSSR count). The fourth-order valence-electron chi connectivity index (χ4n) is 1.91. The Labute approximate surface area is 111 Å². The van der Waals surface area contributed by atoms with Crippen molar-refractivity contribution in [1.82, 2.24) is 4.90 Å². The van der Waals surface area contributed by atoms with Crippen LogP contribution < -0.4 is 0 Å². The number of hydrogen-bond acceptors (Lipinski definition) is 3. The Morgan fingerprint density at radius 3 is 2.06 bits per heavy atom. The average Bonchev–Trinajstić information content (AvgIpc) is 2.14. The molecule has 0 aliphatic heterocycles. The van der Waals surface area contributed by atoms with Crippen LogP contribution >= 0.6 is 0 Å². The number of hydrogen-bond donors (Lipinski definition) is 0. The molecule has 0 aromatic carbocycles. The largest absolute Gasteiger partial charge is 0.465 e. The van der Waals surface area contributed by atoms with Gasteiger partial charge in [0.25, 0.3) is 0 Å². The van der Waals surface area contributed by atoms with Crippen molar-refractivity contribution in [1.29, 1.82) is 0 Å². The Bertz CT molecular complexity index is 292. The fourth-order valence-corrected chi connectivity index (χ4v) is 1.91. The van der Waals surface area contributed by atoms with Gasteiger partial charge in [0, 0.05) is 13.6 Å². The molecule has 106 valence electrons. The van der Waals surface area contributed by atoms with Crippen LogP contribution in [0.3, 0.4) is 0 Å². The Kier molecular flexibility index (Phi) is 6.36. The van der Waals surface area contributed by atoms with Crippen LogP contribution in [0.5, 0.6) is 0 Å². The Hall–Kier alpha value is -1.06. The van der Waals surface area contributed by atoms with Gasteiger partial charge in [-0.25, -0.2) is 0 Å². The first kappa shape index (κ1) is 16.9. The number of carbonyl (C=O) groups excluding carboxylic acids is 2. The fraction of sp³-hybridized carbons (Fsp3) is 0.857. The molecule has 0 aliphatic carbocycles. The molecule has 0 aromatic rings. The van der Waals surface area contributed by atoms with Gasteiger partial charge in [-0.2, -0.15) is 0 Å².